The molecular formula is C62H49BN4. The molecule has 1 aromatic heterocycles. The lowest BCUT2D eigenvalue weighted by Gasteiger charge is -2.44. The van der Waals surface area contributed by atoms with Gasteiger partial charge in [0.1, 0.15) is 0 Å². The second-order valence-electron chi connectivity index (χ2n) is 20.8. The summed E-state index contributed by atoms with van der Waals surface area (Å²) in [5.74, 6) is 0.701. The molecule has 67 heavy (non-hydrogen) atoms. The highest BCUT2D eigenvalue weighted by molar-refractivity contribution is 7.00. The largest absolute Gasteiger partial charge is 0.311 e. The molecule has 320 valence electrons. The van der Waals surface area contributed by atoms with Crippen molar-refractivity contribution in [3.63, 3.8) is 0 Å². The first-order chi connectivity index (χ1) is 32.4. The molecule has 2 aliphatic heterocycles. The van der Waals surface area contributed by atoms with Crippen LogP contribution >= 0.6 is 0 Å². The number of benzene rings is 10. The van der Waals surface area contributed by atoms with E-state index in [1.54, 1.807) is 0 Å². The van der Waals surface area contributed by atoms with Crippen molar-refractivity contribution in [3.8, 4) is 11.4 Å². The fraction of sp³-hybridized carbons (Fsp3) is 0.129. The molecule has 4 nitrogen and oxygen atoms in total. The van der Waals surface area contributed by atoms with E-state index < -0.39 is 0 Å². The molecule has 0 aliphatic carbocycles. The third-order valence-electron chi connectivity index (χ3n) is 14.4. The van der Waals surface area contributed by atoms with Crippen molar-refractivity contribution in [3.05, 3.63) is 199 Å². The quantitative estimate of drug-likeness (QED) is 0.131. The SMILES string of the molecule is CC(C)(C)c1ccc(N2c3cc4cc5ccccc5cc4cc3B3c4cc5cc6ccccc6cc5cc4N(c4ccc(C(C)(C)C)cc4)c4cc(-c5ncc6ccccc6n5)cc2c43)cc1. The van der Waals surface area contributed by atoms with Gasteiger partial charge in [0.05, 0.1) is 5.52 Å². The predicted molar refractivity (Wildman–Crippen MR) is 286 cm³/mol. The number of fused-ring (bicyclic) bond motifs is 9. The zero-order chi connectivity index (χ0) is 45.3. The van der Waals surface area contributed by atoms with Crippen LogP contribution in [0.25, 0.3) is 65.4 Å². The first-order valence-corrected chi connectivity index (χ1v) is 23.6. The summed E-state index contributed by atoms with van der Waals surface area (Å²) in [7, 11) is 0. The molecule has 0 spiro atoms. The standard InChI is InChI=1S/C62H49BN4/c1-61(2,3)48-19-23-50(24-20-48)66-55-33-45-29-40-15-9-7-13-38(40)27-43(45)31-52(55)63-53-32-44-28-39-14-8-10-16-41(39)30-46(44)34-56(53)67(51-25-21-49(22-26-51)62(4,5)6)58-36-47(35-57(66)59(58)63)60-64-37-42-17-11-12-18-54(42)65-60/h7-37H,1-6H3. The smallest absolute Gasteiger partial charge is 0.252 e. The predicted octanol–water partition coefficient (Wildman–Crippen LogP) is 14.6. The lowest BCUT2D eigenvalue weighted by molar-refractivity contribution is 0.590. The zero-order valence-corrected chi connectivity index (χ0v) is 38.8. The van der Waals surface area contributed by atoms with Gasteiger partial charge in [-0.2, -0.15) is 0 Å². The van der Waals surface area contributed by atoms with Crippen LogP contribution in [-0.2, 0) is 10.8 Å². The van der Waals surface area contributed by atoms with Crippen LogP contribution in [0.15, 0.2) is 188 Å². The van der Waals surface area contributed by atoms with Crippen molar-refractivity contribution in [2.45, 2.75) is 52.4 Å². The zero-order valence-electron chi connectivity index (χ0n) is 38.8. The van der Waals surface area contributed by atoms with Crippen LogP contribution in [0.5, 0.6) is 0 Å². The molecule has 0 saturated carbocycles. The van der Waals surface area contributed by atoms with Crippen LogP contribution in [-0.4, -0.2) is 16.7 Å². The normalized spacial score (nSPS) is 13.4. The summed E-state index contributed by atoms with van der Waals surface area (Å²) in [6, 6.07) is 68.4. The minimum absolute atomic E-state index is 0.00798. The first-order valence-electron chi connectivity index (χ1n) is 23.6. The highest BCUT2D eigenvalue weighted by atomic mass is 15.2. The van der Waals surface area contributed by atoms with Crippen LogP contribution in [0.4, 0.5) is 34.1 Å². The van der Waals surface area contributed by atoms with E-state index in [2.05, 4.69) is 227 Å². The molecule has 0 radical (unpaired) electrons. The molecule has 0 N–H and O–H groups in total. The molecule has 13 rings (SSSR count). The van der Waals surface area contributed by atoms with Gasteiger partial charge in [-0.15, -0.1) is 0 Å². The summed E-state index contributed by atoms with van der Waals surface area (Å²) in [6.07, 6.45) is 1.97. The van der Waals surface area contributed by atoms with E-state index >= 15 is 0 Å². The van der Waals surface area contributed by atoms with Crippen molar-refractivity contribution in [1.29, 1.82) is 0 Å². The Morgan fingerprint density at radius 3 is 1.22 bits per heavy atom. The number of rotatable bonds is 3. The van der Waals surface area contributed by atoms with Crippen LogP contribution in [0.2, 0.25) is 0 Å². The molecule has 0 atom stereocenters. The van der Waals surface area contributed by atoms with E-state index in [0.717, 1.165) is 39.2 Å². The van der Waals surface area contributed by atoms with E-state index in [4.69, 9.17) is 9.97 Å². The summed E-state index contributed by atoms with van der Waals surface area (Å²) in [5.41, 5.74) is 15.2. The second-order valence-corrected chi connectivity index (χ2v) is 20.8. The van der Waals surface area contributed by atoms with Crippen LogP contribution in [0, 0.1) is 0 Å². The number of nitrogens with zero attached hydrogens (tertiary/aromatic N) is 4. The van der Waals surface area contributed by atoms with Crippen LogP contribution < -0.4 is 26.2 Å². The minimum atomic E-state index is -0.0801. The number of para-hydroxylation sites is 1. The lowest BCUT2D eigenvalue weighted by Crippen LogP contribution is -2.61. The van der Waals surface area contributed by atoms with Gasteiger partial charge < -0.3 is 9.80 Å². The van der Waals surface area contributed by atoms with Crippen molar-refractivity contribution < 1.29 is 0 Å². The van der Waals surface area contributed by atoms with E-state index in [1.165, 1.54) is 82.0 Å². The van der Waals surface area contributed by atoms with E-state index in [1.807, 2.05) is 12.3 Å². The summed E-state index contributed by atoms with van der Waals surface area (Å²) in [6.45, 7) is 13.6. The number of hydrogen-bond donors (Lipinski definition) is 0. The van der Waals surface area contributed by atoms with Crippen LogP contribution in [0.1, 0.15) is 52.7 Å². The fourth-order valence-electron chi connectivity index (χ4n) is 10.9. The third-order valence-corrected chi connectivity index (χ3v) is 14.4. The summed E-state index contributed by atoms with van der Waals surface area (Å²) in [5, 5.41) is 10.9. The van der Waals surface area contributed by atoms with E-state index in [-0.39, 0.29) is 17.5 Å². The Morgan fingerprint density at radius 1 is 0.388 bits per heavy atom. The molecule has 0 fully saturated rings. The monoisotopic (exact) mass is 860 g/mol. The Kier molecular flexibility index (Phi) is 8.49. The lowest BCUT2D eigenvalue weighted by atomic mass is 9.33. The summed E-state index contributed by atoms with van der Waals surface area (Å²) >= 11 is 0. The molecule has 11 aromatic rings. The average molecular weight is 861 g/mol. The molecule has 0 saturated heterocycles. The Labute approximate surface area is 392 Å². The minimum Gasteiger partial charge on any atom is -0.311 e. The van der Waals surface area contributed by atoms with Crippen LogP contribution in [0.3, 0.4) is 0 Å². The van der Waals surface area contributed by atoms with Crippen molar-refractivity contribution in [2.24, 2.45) is 0 Å². The maximum Gasteiger partial charge on any atom is 0.252 e. The van der Waals surface area contributed by atoms with Crippen molar-refractivity contribution in [1.82, 2.24) is 9.97 Å². The number of hydrogen-bond acceptors (Lipinski definition) is 4. The molecule has 5 heteroatoms. The maximum absolute atomic E-state index is 5.26. The average Bonchev–Trinajstić information content (AvgIpc) is 3.33. The van der Waals surface area contributed by atoms with E-state index in [9.17, 15) is 0 Å². The Balaban J connectivity index is 1.17. The highest BCUT2D eigenvalue weighted by Gasteiger charge is 2.44. The van der Waals surface area contributed by atoms with Gasteiger partial charge in [0.25, 0.3) is 6.71 Å². The van der Waals surface area contributed by atoms with Gasteiger partial charge in [-0.05, 0) is 160 Å². The van der Waals surface area contributed by atoms with Gasteiger partial charge in [-0.1, -0.05) is 145 Å². The Morgan fingerprint density at radius 2 is 0.791 bits per heavy atom. The van der Waals surface area contributed by atoms with Gasteiger partial charge >= 0.3 is 0 Å². The molecule has 3 heterocycles. The summed E-state index contributed by atoms with van der Waals surface area (Å²) < 4.78 is 0. The van der Waals surface area contributed by atoms with Gasteiger partial charge in [0, 0.05) is 51.3 Å². The first kappa shape index (κ1) is 39.6. The van der Waals surface area contributed by atoms with Gasteiger partial charge in [0.15, 0.2) is 5.82 Å². The van der Waals surface area contributed by atoms with Crippen molar-refractivity contribution in [2.75, 3.05) is 9.80 Å². The third kappa shape index (κ3) is 6.36. The Bertz CT molecular complexity index is 3630. The molecule has 2 aliphatic rings. The number of aromatic nitrogens is 2. The highest BCUT2D eigenvalue weighted by Crippen LogP contribution is 2.48. The second kappa shape index (κ2) is 14.4. The van der Waals surface area contributed by atoms with E-state index in [0.29, 0.717) is 5.82 Å². The van der Waals surface area contributed by atoms with Crippen molar-refractivity contribution >= 4 is 111 Å². The van der Waals surface area contributed by atoms with Gasteiger partial charge in [0.2, 0.25) is 0 Å². The number of anilines is 6. The molecule has 0 bridgehead atoms. The fourth-order valence-corrected chi connectivity index (χ4v) is 10.9. The van der Waals surface area contributed by atoms with Gasteiger partial charge in [-0.3, -0.25) is 0 Å². The molecule has 0 unspecified atom stereocenters. The molecule has 0 amide bonds. The summed E-state index contributed by atoms with van der Waals surface area (Å²) in [4.78, 5) is 15.4. The molecule has 10 aromatic carbocycles. The maximum atomic E-state index is 5.26. The molecular weight excluding hydrogens is 812 g/mol. The van der Waals surface area contributed by atoms with Gasteiger partial charge in [-0.25, -0.2) is 9.97 Å². The topological polar surface area (TPSA) is 32.3 Å². The Hall–Kier alpha value is -7.76.